The summed E-state index contributed by atoms with van der Waals surface area (Å²) in [4.78, 5) is 27.7. The summed E-state index contributed by atoms with van der Waals surface area (Å²) < 4.78 is 6.51. The van der Waals surface area contributed by atoms with E-state index < -0.39 is 17.7 Å². The first kappa shape index (κ1) is 21.7. The second-order valence-electron chi connectivity index (χ2n) is 8.72. The summed E-state index contributed by atoms with van der Waals surface area (Å²) >= 11 is 7.39. The molecule has 1 saturated heterocycles. The number of fused-ring (bicyclic) bond motifs is 2. The number of aliphatic hydroxyl groups excluding tert-OH is 1. The molecule has 166 valence electrons. The molecule has 5 nitrogen and oxygen atoms in total. The van der Waals surface area contributed by atoms with E-state index in [1.54, 1.807) is 12.1 Å². The zero-order valence-corrected chi connectivity index (χ0v) is 19.1. The first-order chi connectivity index (χ1) is 15.4. The standard InChI is InChI=1S/C25H24ClNO4S/c26-17-7-5-16(6-8-17)13-18(28)14-27-11-9-25(10-12-27)15-32-24-22(30)21(29)19-3-1-2-4-20(19)23(24)31-25/h1-8,18,28H,9-15H2. The first-order valence-electron chi connectivity index (χ1n) is 10.8. The normalized spacial score (nSPS) is 21.2. The Balaban J connectivity index is 1.24. The number of hydrogen-bond acceptors (Lipinski definition) is 6. The minimum absolute atomic E-state index is 0.352. The Bertz CT molecular complexity index is 1090. The second kappa shape index (κ2) is 8.67. The lowest BCUT2D eigenvalue weighted by Crippen LogP contribution is -2.50. The molecule has 1 unspecified atom stereocenters. The average molecular weight is 470 g/mol. The number of benzene rings is 2. The third-order valence-corrected chi connectivity index (χ3v) is 8.04. The Labute approximate surface area is 196 Å². The van der Waals surface area contributed by atoms with Crippen molar-refractivity contribution in [2.75, 3.05) is 25.4 Å². The summed E-state index contributed by atoms with van der Waals surface area (Å²) in [6.45, 7) is 2.24. The fourth-order valence-corrected chi connectivity index (χ4v) is 6.04. The maximum atomic E-state index is 12.6. The molecule has 2 heterocycles. The third kappa shape index (κ3) is 4.13. The molecule has 2 aromatic rings. The molecule has 1 spiro atoms. The molecule has 0 aromatic heterocycles. The number of piperidine rings is 1. The van der Waals surface area contributed by atoms with Gasteiger partial charge in [-0.15, -0.1) is 11.8 Å². The van der Waals surface area contributed by atoms with Crippen molar-refractivity contribution < 1.29 is 19.4 Å². The maximum Gasteiger partial charge on any atom is 0.243 e. The van der Waals surface area contributed by atoms with Gasteiger partial charge in [0, 0.05) is 54.4 Å². The van der Waals surface area contributed by atoms with Gasteiger partial charge in [0.15, 0.2) is 0 Å². The first-order valence-corrected chi connectivity index (χ1v) is 12.2. The number of carbonyl (C=O) groups excluding carboxylic acids is 2. The number of Topliss-reactive ketones (excluding diaryl/α,β-unsaturated/α-hetero) is 2. The molecule has 32 heavy (non-hydrogen) atoms. The molecule has 0 amide bonds. The van der Waals surface area contributed by atoms with Crippen LogP contribution in [0.2, 0.25) is 5.02 Å². The van der Waals surface area contributed by atoms with Crippen LogP contribution in [0.3, 0.4) is 0 Å². The van der Waals surface area contributed by atoms with Gasteiger partial charge >= 0.3 is 0 Å². The predicted molar refractivity (Wildman–Crippen MR) is 126 cm³/mol. The van der Waals surface area contributed by atoms with E-state index in [-0.39, 0.29) is 5.60 Å². The van der Waals surface area contributed by atoms with E-state index in [1.165, 1.54) is 11.8 Å². The van der Waals surface area contributed by atoms with Crippen LogP contribution in [-0.4, -0.2) is 58.7 Å². The van der Waals surface area contributed by atoms with Crippen LogP contribution in [0.15, 0.2) is 53.4 Å². The number of likely N-dealkylation sites (tertiary alicyclic amines) is 1. The highest BCUT2D eigenvalue weighted by Gasteiger charge is 2.45. The van der Waals surface area contributed by atoms with Crippen LogP contribution >= 0.6 is 23.4 Å². The summed E-state index contributed by atoms with van der Waals surface area (Å²) in [5.74, 6) is 0.323. The lowest BCUT2D eigenvalue weighted by molar-refractivity contribution is -0.111. The second-order valence-corrected chi connectivity index (χ2v) is 10.1. The Kier molecular flexibility index (Phi) is 5.88. The number of ether oxygens (including phenoxy) is 1. The van der Waals surface area contributed by atoms with Gasteiger partial charge in [-0.2, -0.15) is 0 Å². The zero-order valence-electron chi connectivity index (χ0n) is 17.6. The fraction of sp³-hybridized carbons (Fsp3) is 0.360. The minimum Gasteiger partial charge on any atom is -0.484 e. The van der Waals surface area contributed by atoms with E-state index in [9.17, 15) is 14.7 Å². The van der Waals surface area contributed by atoms with Gasteiger partial charge in [-0.05, 0) is 24.1 Å². The van der Waals surface area contributed by atoms with Gasteiger partial charge in [0.2, 0.25) is 11.6 Å². The molecule has 1 fully saturated rings. The molecule has 3 aliphatic rings. The van der Waals surface area contributed by atoms with Gasteiger partial charge in [0.25, 0.3) is 0 Å². The van der Waals surface area contributed by atoms with Crippen LogP contribution in [0.25, 0.3) is 5.76 Å². The number of aliphatic hydroxyl groups is 1. The van der Waals surface area contributed by atoms with E-state index in [4.69, 9.17) is 16.3 Å². The number of thioether (sulfide) groups is 1. The molecule has 7 heteroatoms. The number of allylic oxidation sites excluding steroid dienone is 1. The minimum atomic E-state index is -0.457. The van der Waals surface area contributed by atoms with Crippen molar-refractivity contribution in [3.63, 3.8) is 0 Å². The summed E-state index contributed by atoms with van der Waals surface area (Å²) in [5.41, 5.74) is 1.86. The van der Waals surface area contributed by atoms with Gasteiger partial charge in [-0.1, -0.05) is 48.0 Å². The molecule has 1 aliphatic carbocycles. The average Bonchev–Trinajstić information content (AvgIpc) is 2.81. The van der Waals surface area contributed by atoms with E-state index in [1.807, 2.05) is 36.4 Å². The Hall–Kier alpha value is -2.12. The van der Waals surface area contributed by atoms with Crippen LogP contribution in [0.4, 0.5) is 0 Å². The van der Waals surface area contributed by atoms with Crippen molar-refractivity contribution in [3.05, 3.63) is 75.1 Å². The van der Waals surface area contributed by atoms with E-state index in [0.717, 1.165) is 37.1 Å². The fourth-order valence-electron chi connectivity index (χ4n) is 4.66. The van der Waals surface area contributed by atoms with E-state index in [0.29, 0.717) is 40.0 Å². The number of carbonyl (C=O) groups is 2. The molecule has 0 radical (unpaired) electrons. The molecule has 1 N–H and O–H groups in total. The molecular weight excluding hydrogens is 446 g/mol. The number of rotatable bonds is 4. The predicted octanol–water partition coefficient (Wildman–Crippen LogP) is 3.98. The van der Waals surface area contributed by atoms with Gasteiger partial charge in [-0.3, -0.25) is 9.59 Å². The summed E-state index contributed by atoms with van der Waals surface area (Å²) in [7, 11) is 0. The highest BCUT2D eigenvalue weighted by Crippen LogP contribution is 2.47. The number of halogens is 1. The Morgan fingerprint density at radius 3 is 2.44 bits per heavy atom. The summed E-state index contributed by atoms with van der Waals surface area (Å²) in [6, 6.07) is 14.8. The summed E-state index contributed by atoms with van der Waals surface area (Å²) in [6.07, 6.45) is 1.77. The van der Waals surface area contributed by atoms with E-state index in [2.05, 4.69) is 4.90 Å². The van der Waals surface area contributed by atoms with Gasteiger partial charge in [-0.25, -0.2) is 0 Å². The van der Waals surface area contributed by atoms with Crippen molar-refractivity contribution in [3.8, 4) is 0 Å². The molecular formula is C25H24ClNO4S. The monoisotopic (exact) mass is 469 g/mol. The van der Waals surface area contributed by atoms with Crippen molar-refractivity contribution in [2.45, 2.75) is 31.0 Å². The molecule has 1 atom stereocenters. The number of β-amino-alcohol motifs (C(OH)–C–C–N with tert-alkyl or cyclic N) is 1. The van der Waals surface area contributed by atoms with Crippen molar-refractivity contribution in [2.24, 2.45) is 0 Å². The van der Waals surface area contributed by atoms with Crippen LogP contribution < -0.4 is 0 Å². The van der Waals surface area contributed by atoms with Crippen molar-refractivity contribution in [1.29, 1.82) is 0 Å². The smallest absolute Gasteiger partial charge is 0.243 e. The largest absolute Gasteiger partial charge is 0.484 e. The number of nitrogens with zero attached hydrogens (tertiary/aromatic N) is 1. The maximum absolute atomic E-state index is 12.6. The van der Waals surface area contributed by atoms with Crippen LogP contribution in [0.5, 0.6) is 0 Å². The number of hydrogen-bond donors (Lipinski definition) is 1. The lowest BCUT2D eigenvalue weighted by Gasteiger charge is -2.45. The number of ketones is 2. The van der Waals surface area contributed by atoms with Crippen LogP contribution in [0.1, 0.15) is 34.3 Å². The van der Waals surface area contributed by atoms with Gasteiger partial charge in [0.1, 0.15) is 16.3 Å². The lowest BCUT2D eigenvalue weighted by atomic mass is 9.90. The van der Waals surface area contributed by atoms with Gasteiger partial charge in [0.05, 0.1) is 6.10 Å². The highest BCUT2D eigenvalue weighted by atomic mass is 35.5. The Morgan fingerprint density at radius 1 is 1.03 bits per heavy atom. The SMILES string of the molecule is O=C1C(=O)c2ccccc2C2=C1SCC1(CCN(CC(O)Cc3ccc(Cl)cc3)CC1)O2. The highest BCUT2D eigenvalue weighted by molar-refractivity contribution is 8.04. The molecule has 0 bridgehead atoms. The van der Waals surface area contributed by atoms with E-state index >= 15 is 0 Å². The Morgan fingerprint density at radius 2 is 1.72 bits per heavy atom. The molecule has 2 aliphatic heterocycles. The van der Waals surface area contributed by atoms with Crippen LogP contribution in [-0.2, 0) is 16.0 Å². The third-order valence-electron chi connectivity index (χ3n) is 6.45. The summed E-state index contributed by atoms with van der Waals surface area (Å²) in [5, 5.41) is 11.3. The molecule has 2 aromatic carbocycles. The topological polar surface area (TPSA) is 66.8 Å². The van der Waals surface area contributed by atoms with Gasteiger partial charge < -0.3 is 14.7 Å². The van der Waals surface area contributed by atoms with Crippen molar-refractivity contribution >= 4 is 40.7 Å². The van der Waals surface area contributed by atoms with Crippen LogP contribution in [0, 0.1) is 0 Å². The van der Waals surface area contributed by atoms with Crippen molar-refractivity contribution in [1.82, 2.24) is 4.90 Å². The molecule has 0 saturated carbocycles. The zero-order chi connectivity index (χ0) is 22.3. The quantitative estimate of drug-likeness (QED) is 0.683. The molecule has 5 rings (SSSR count).